The van der Waals surface area contributed by atoms with Crippen molar-refractivity contribution in [2.45, 2.75) is 19.4 Å². The first-order valence-electron chi connectivity index (χ1n) is 5.92. The number of carbonyl (C=O) groups is 3. The Hall–Kier alpha value is -2.24. The minimum Gasteiger partial charge on any atom is -0.348 e. The van der Waals surface area contributed by atoms with E-state index in [2.05, 4.69) is 5.32 Å². The molecular weight excluding hydrogens is 251 g/mol. The largest absolute Gasteiger partial charge is 0.348 e. The van der Waals surface area contributed by atoms with Crippen LogP contribution in [-0.2, 0) is 9.59 Å². The molecule has 1 atom stereocenters. The number of amides is 2. The standard InChI is InChI=1S/C13H13FN2O3/c1-2-10-13(19)15-12(18)6-16(10)11-4-3-8(7-17)5-9(11)14/h3-5,7,10H,2,6H2,1H3,(H,15,18,19). The minimum absolute atomic E-state index is 0.0817. The maximum atomic E-state index is 13.9. The van der Waals surface area contributed by atoms with Crippen LogP contribution in [0.4, 0.5) is 10.1 Å². The Bertz CT molecular complexity index is 545. The number of aldehydes is 1. The Kier molecular flexibility index (Phi) is 3.59. The summed E-state index contributed by atoms with van der Waals surface area (Å²) in [4.78, 5) is 35.1. The van der Waals surface area contributed by atoms with Gasteiger partial charge in [0.1, 0.15) is 18.1 Å². The average Bonchev–Trinajstić information content (AvgIpc) is 2.37. The minimum atomic E-state index is -0.620. The van der Waals surface area contributed by atoms with Crippen LogP contribution in [0.1, 0.15) is 23.7 Å². The molecule has 2 rings (SSSR count). The first-order chi connectivity index (χ1) is 9.06. The van der Waals surface area contributed by atoms with Crippen LogP contribution in [0.15, 0.2) is 18.2 Å². The zero-order chi connectivity index (χ0) is 14.0. The van der Waals surface area contributed by atoms with Crippen molar-refractivity contribution in [3.05, 3.63) is 29.6 Å². The number of halogens is 1. The van der Waals surface area contributed by atoms with Gasteiger partial charge in [-0.25, -0.2) is 4.39 Å². The molecule has 1 unspecified atom stereocenters. The van der Waals surface area contributed by atoms with E-state index in [9.17, 15) is 18.8 Å². The molecule has 2 amide bonds. The summed E-state index contributed by atoms with van der Waals surface area (Å²) in [6, 6.07) is 3.36. The Balaban J connectivity index is 2.40. The molecule has 0 aromatic heterocycles. The number of rotatable bonds is 3. The number of hydrogen-bond donors (Lipinski definition) is 1. The summed E-state index contributed by atoms with van der Waals surface area (Å²) in [6.45, 7) is 1.70. The number of anilines is 1. The molecule has 0 radical (unpaired) electrons. The topological polar surface area (TPSA) is 66.5 Å². The maximum absolute atomic E-state index is 13.9. The van der Waals surface area contributed by atoms with Gasteiger partial charge in [0.25, 0.3) is 0 Å². The smallest absolute Gasteiger partial charge is 0.249 e. The molecule has 0 aliphatic carbocycles. The monoisotopic (exact) mass is 264 g/mol. The first kappa shape index (κ1) is 13.2. The molecular formula is C13H13FN2O3. The molecule has 0 saturated carbocycles. The van der Waals surface area contributed by atoms with E-state index in [1.807, 2.05) is 0 Å². The van der Waals surface area contributed by atoms with E-state index in [0.29, 0.717) is 12.7 Å². The molecule has 100 valence electrons. The van der Waals surface area contributed by atoms with Gasteiger partial charge in [0.15, 0.2) is 0 Å². The lowest BCUT2D eigenvalue weighted by atomic mass is 10.1. The van der Waals surface area contributed by atoms with Crippen molar-refractivity contribution < 1.29 is 18.8 Å². The molecule has 1 aromatic carbocycles. The Morgan fingerprint density at radius 2 is 2.21 bits per heavy atom. The van der Waals surface area contributed by atoms with E-state index in [-0.39, 0.29) is 17.8 Å². The number of benzene rings is 1. The Labute approximate surface area is 109 Å². The van der Waals surface area contributed by atoms with E-state index in [1.54, 1.807) is 6.92 Å². The molecule has 1 aliphatic heterocycles. The van der Waals surface area contributed by atoms with E-state index in [0.717, 1.165) is 6.07 Å². The highest BCUT2D eigenvalue weighted by molar-refractivity contribution is 6.04. The van der Waals surface area contributed by atoms with Crippen molar-refractivity contribution in [1.29, 1.82) is 0 Å². The highest BCUT2D eigenvalue weighted by Gasteiger charge is 2.33. The third kappa shape index (κ3) is 2.47. The molecule has 19 heavy (non-hydrogen) atoms. The maximum Gasteiger partial charge on any atom is 0.249 e. The van der Waals surface area contributed by atoms with Gasteiger partial charge in [0, 0.05) is 5.56 Å². The number of nitrogens with one attached hydrogen (secondary N) is 1. The number of carbonyl (C=O) groups excluding carboxylic acids is 3. The van der Waals surface area contributed by atoms with Gasteiger partial charge in [0.2, 0.25) is 11.8 Å². The van der Waals surface area contributed by atoms with Gasteiger partial charge in [-0.1, -0.05) is 6.92 Å². The summed E-state index contributed by atoms with van der Waals surface area (Å²) in [5.41, 5.74) is 0.364. The van der Waals surface area contributed by atoms with E-state index >= 15 is 0 Å². The third-order valence-corrected chi connectivity index (χ3v) is 3.06. The van der Waals surface area contributed by atoms with Crippen LogP contribution in [0.5, 0.6) is 0 Å². The van der Waals surface area contributed by atoms with Crippen LogP contribution < -0.4 is 10.2 Å². The van der Waals surface area contributed by atoms with Gasteiger partial charge in [-0.2, -0.15) is 0 Å². The molecule has 1 aromatic rings. The van der Waals surface area contributed by atoms with Crippen LogP contribution >= 0.6 is 0 Å². The molecule has 5 nitrogen and oxygen atoms in total. The Morgan fingerprint density at radius 3 is 2.79 bits per heavy atom. The number of nitrogens with zero attached hydrogens (tertiary/aromatic N) is 1. The SMILES string of the molecule is CCC1C(=O)NC(=O)CN1c1ccc(C=O)cc1F. The summed E-state index contributed by atoms with van der Waals surface area (Å²) >= 11 is 0. The zero-order valence-electron chi connectivity index (χ0n) is 10.4. The van der Waals surface area contributed by atoms with Crippen molar-refractivity contribution in [2.75, 3.05) is 11.4 Å². The Morgan fingerprint density at radius 1 is 1.47 bits per heavy atom. The van der Waals surface area contributed by atoms with Crippen molar-refractivity contribution >= 4 is 23.8 Å². The second-order valence-electron chi connectivity index (χ2n) is 4.29. The number of hydrogen-bond acceptors (Lipinski definition) is 4. The predicted molar refractivity (Wildman–Crippen MR) is 66.4 cm³/mol. The predicted octanol–water partition coefficient (Wildman–Crippen LogP) is 0.880. The van der Waals surface area contributed by atoms with Crippen molar-refractivity contribution in [1.82, 2.24) is 5.32 Å². The van der Waals surface area contributed by atoms with Crippen LogP contribution in [0.3, 0.4) is 0 Å². The third-order valence-electron chi connectivity index (χ3n) is 3.06. The van der Waals surface area contributed by atoms with Gasteiger partial charge < -0.3 is 4.90 Å². The molecule has 1 aliphatic rings. The average molecular weight is 264 g/mol. The van der Waals surface area contributed by atoms with Gasteiger partial charge in [0.05, 0.1) is 12.2 Å². The van der Waals surface area contributed by atoms with Crippen LogP contribution in [0.2, 0.25) is 0 Å². The lowest BCUT2D eigenvalue weighted by Gasteiger charge is -2.35. The van der Waals surface area contributed by atoms with Crippen LogP contribution in [0.25, 0.3) is 0 Å². The van der Waals surface area contributed by atoms with E-state index < -0.39 is 23.7 Å². The fourth-order valence-electron chi connectivity index (χ4n) is 2.15. The van der Waals surface area contributed by atoms with E-state index in [1.165, 1.54) is 17.0 Å². The fraction of sp³-hybridized carbons (Fsp3) is 0.308. The molecule has 1 saturated heterocycles. The van der Waals surface area contributed by atoms with Crippen LogP contribution in [-0.4, -0.2) is 30.7 Å². The second kappa shape index (κ2) is 5.17. The van der Waals surface area contributed by atoms with Gasteiger partial charge >= 0.3 is 0 Å². The highest BCUT2D eigenvalue weighted by atomic mass is 19.1. The van der Waals surface area contributed by atoms with Crippen molar-refractivity contribution in [3.8, 4) is 0 Å². The number of imide groups is 1. The summed E-state index contributed by atoms with van der Waals surface area (Å²) in [5.74, 6) is -1.52. The lowest BCUT2D eigenvalue weighted by Crippen LogP contribution is -2.58. The summed E-state index contributed by atoms with van der Waals surface area (Å²) < 4.78 is 13.9. The van der Waals surface area contributed by atoms with Crippen molar-refractivity contribution in [2.24, 2.45) is 0 Å². The molecule has 0 spiro atoms. The van der Waals surface area contributed by atoms with Gasteiger partial charge in [-0.3, -0.25) is 19.7 Å². The van der Waals surface area contributed by atoms with Gasteiger partial charge in [-0.05, 0) is 24.6 Å². The zero-order valence-corrected chi connectivity index (χ0v) is 10.4. The summed E-state index contributed by atoms with van der Waals surface area (Å²) in [7, 11) is 0. The molecule has 1 fully saturated rings. The molecule has 1 N–H and O–H groups in total. The van der Waals surface area contributed by atoms with Crippen LogP contribution in [0, 0.1) is 5.82 Å². The first-order valence-corrected chi connectivity index (χ1v) is 5.92. The van der Waals surface area contributed by atoms with E-state index in [4.69, 9.17) is 0 Å². The normalized spacial score (nSPS) is 19.3. The summed E-state index contributed by atoms with van der Waals surface area (Å²) in [5, 5.41) is 2.22. The highest BCUT2D eigenvalue weighted by Crippen LogP contribution is 2.24. The summed E-state index contributed by atoms with van der Waals surface area (Å²) in [6.07, 6.45) is 0.992. The molecule has 1 heterocycles. The molecule has 0 bridgehead atoms. The quantitative estimate of drug-likeness (QED) is 0.650. The van der Waals surface area contributed by atoms with Crippen molar-refractivity contribution in [3.63, 3.8) is 0 Å². The molecule has 6 heteroatoms. The second-order valence-corrected chi connectivity index (χ2v) is 4.29. The fourth-order valence-corrected chi connectivity index (χ4v) is 2.15. The number of piperazine rings is 1. The van der Waals surface area contributed by atoms with Gasteiger partial charge in [-0.15, -0.1) is 0 Å². The lowest BCUT2D eigenvalue weighted by molar-refractivity contribution is -0.132.